The zero-order chi connectivity index (χ0) is 13.9. The van der Waals surface area contributed by atoms with E-state index in [4.69, 9.17) is 15.6 Å². The van der Waals surface area contributed by atoms with Crippen molar-refractivity contribution in [2.45, 2.75) is 18.6 Å². The number of rotatable bonds is 10. The Labute approximate surface area is 116 Å². The number of hydrogen-bond donors (Lipinski definition) is 2. The standard InChI is InChI=1S/C12H18N2O4S/c13-5-1-2-11-8-10(9-19-18-14-16)3-4-12(11)17-7-6-15/h3-4,8,15H,1-2,5-7,9,13H2. The molecule has 0 saturated carbocycles. The predicted molar refractivity (Wildman–Crippen MR) is 74.6 cm³/mol. The molecule has 0 amide bonds. The molecule has 0 saturated heterocycles. The fourth-order valence-corrected chi connectivity index (χ4v) is 2.03. The summed E-state index contributed by atoms with van der Waals surface area (Å²) >= 11 is 0.978. The van der Waals surface area contributed by atoms with E-state index < -0.39 is 0 Å². The Morgan fingerprint density at radius 3 is 2.95 bits per heavy atom. The van der Waals surface area contributed by atoms with Crippen molar-refractivity contribution in [3.8, 4) is 5.75 Å². The molecular formula is C12H18N2O4S. The molecule has 0 unspecified atom stereocenters. The van der Waals surface area contributed by atoms with Gasteiger partial charge in [0.2, 0.25) is 0 Å². The van der Waals surface area contributed by atoms with Crippen LogP contribution in [-0.2, 0) is 16.5 Å². The summed E-state index contributed by atoms with van der Waals surface area (Å²) in [7, 11) is 0. The molecule has 106 valence electrons. The van der Waals surface area contributed by atoms with Gasteiger partial charge in [-0.25, -0.2) is 0 Å². The van der Waals surface area contributed by atoms with Gasteiger partial charge < -0.3 is 15.6 Å². The van der Waals surface area contributed by atoms with Crippen molar-refractivity contribution in [3.05, 3.63) is 34.2 Å². The summed E-state index contributed by atoms with van der Waals surface area (Å²) in [5.74, 6) is 1.28. The first-order valence-electron chi connectivity index (χ1n) is 5.98. The van der Waals surface area contributed by atoms with E-state index >= 15 is 0 Å². The van der Waals surface area contributed by atoms with E-state index in [1.807, 2.05) is 18.2 Å². The average Bonchev–Trinajstić information content (AvgIpc) is 2.44. The first kappa shape index (κ1) is 15.7. The molecule has 1 aromatic carbocycles. The fourth-order valence-electron chi connectivity index (χ4n) is 1.62. The lowest BCUT2D eigenvalue weighted by Gasteiger charge is -2.12. The van der Waals surface area contributed by atoms with Crippen molar-refractivity contribution in [2.75, 3.05) is 19.8 Å². The van der Waals surface area contributed by atoms with E-state index in [0.717, 1.165) is 41.8 Å². The molecule has 0 heterocycles. The van der Waals surface area contributed by atoms with Gasteiger partial charge in [-0.1, -0.05) is 12.1 Å². The van der Waals surface area contributed by atoms with E-state index in [1.54, 1.807) is 0 Å². The molecule has 0 spiro atoms. The van der Waals surface area contributed by atoms with E-state index in [9.17, 15) is 4.91 Å². The number of aliphatic hydroxyl groups is 1. The van der Waals surface area contributed by atoms with Gasteiger partial charge in [-0.15, -0.1) is 4.91 Å². The van der Waals surface area contributed by atoms with Gasteiger partial charge in [0, 0.05) is 0 Å². The molecule has 1 aromatic rings. The second-order valence-electron chi connectivity index (χ2n) is 3.82. The van der Waals surface area contributed by atoms with Crippen molar-refractivity contribution in [1.82, 2.24) is 0 Å². The van der Waals surface area contributed by atoms with Gasteiger partial charge in [0.15, 0.2) is 5.34 Å². The Bertz CT molecular complexity index is 390. The quantitative estimate of drug-likeness (QED) is 0.295. The summed E-state index contributed by atoms with van der Waals surface area (Å²) in [6, 6.07) is 5.73. The van der Waals surface area contributed by atoms with Gasteiger partial charge in [0.25, 0.3) is 0 Å². The lowest BCUT2D eigenvalue weighted by atomic mass is 10.1. The van der Waals surface area contributed by atoms with Crippen LogP contribution in [0.5, 0.6) is 5.75 Å². The van der Waals surface area contributed by atoms with E-state index in [1.165, 1.54) is 0 Å². The molecule has 0 atom stereocenters. The first-order valence-corrected chi connectivity index (χ1v) is 6.89. The van der Waals surface area contributed by atoms with Crippen LogP contribution in [0.15, 0.2) is 23.5 Å². The largest absolute Gasteiger partial charge is 0.491 e. The topological polar surface area (TPSA) is 94.1 Å². The Morgan fingerprint density at radius 2 is 2.26 bits per heavy atom. The molecule has 6 nitrogen and oxygen atoms in total. The molecule has 0 radical (unpaired) electrons. The average molecular weight is 286 g/mol. The highest BCUT2D eigenvalue weighted by Gasteiger charge is 2.06. The maximum atomic E-state index is 9.83. The van der Waals surface area contributed by atoms with Gasteiger partial charge in [-0.2, -0.15) is 0 Å². The number of ether oxygens (including phenoxy) is 1. The van der Waals surface area contributed by atoms with Gasteiger partial charge >= 0.3 is 0 Å². The fraction of sp³-hybridized carbons (Fsp3) is 0.500. The molecule has 3 N–H and O–H groups in total. The molecule has 0 fully saturated rings. The summed E-state index contributed by atoms with van der Waals surface area (Å²) < 4.78 is 9.82. The molecule has 0 aliphatic carbocycles. The van der Waals surface area contributed by atoms with Crippen LogP contribution >= 0.6 is 12.0 Å². The monoisotopic (exact) mass is 286 g/mol. The minimum absolute atomic E-state index is 0.0211. The summed E-state index contributed by atoms with van der Waals surface area (Å²) in [6.45, 7) is 0.852. The maximum Gasteiger partial charge on any atom is 0.168 e. The molecular weight excluding hydrogens is 268 g/mol. The summed E-state index contributed by atoms with van der Waals surface area (Å²) in [6.07, 6.45) is 1.67. The van der Waals surface area contributed by atoms with Crippen LogP contribution in [0.3, 0.4) is 0 Å². The van der Waals surface area contributed by atoms with Crippen LogP contribution in [0.4, 0.5) is 0 Å². The van der Waals surface area contributed by atoms with Crippen molar-refractivity contribution in [3.63, 3.8) is 0 Å². The van der Waals surface area contributed by atoms with Crippen molar-refractivity contribution >= 4 is 12.0 Å². The number of benzene rings is 1. The number of nitrogens with zero attached hydrogens (tertiary/aromatic N) is 1. The zero-order valence-corrected chi connectivity index (χ0v) is 11.4. The zero-order valence-electron chi connectivity index (χ0n) is 10.6. The van der Waals surface area contributed by atoms with Crippen molar-refractivity contribution < 1.29 is 14.1 Å². The van der Waals surface area contributed by atoms with Gasteiger partial charge in [0.1, 0.15) is 12.4 Å². The molecule has 0 aliphatic rings. The summed E-state index contributed by atoms with van der Waals surface area (Å²) in [5, 5.41) is 11.1. The van der Waals surface area contributed by atoms with Gasteiger partial charge in [-0.05, 0) is 36.6 Å². The van der Waals surface area contributed by atoms with E-state index in [2.05, 4.69) is 9.62 Å². The molecule has 7 heteroatoms. The SMILES string of the molecule is NCCCc1cc(CSON=O)ccc1OCCO. The molecule has 0 aromatic heterocycles. The van der Waals surface area contributed by atoms with Crippen LogP contribution in [0, 0.1) is 4.91 Å². The van der Waals surface area contributed by atoms with Crippen LogP contribution in [0.2, 0.25) is 0 Å². The number of hydrogen-bond acceptors (Lipinski definition) is 7. The lowest BCUT2D eigenvalue weighted by molar-refractivity contribution is 0.200. The lowest BCUT2D eigenvalue weighted by Crippen LogP contribution is -2.06. The highest BCUT2D eigenvalue weighted by Crippen LogP contribution is 2.24. The highest BCUT2D eigenvalue weighted by molar-refractivity contribution is 7.93. The smallest absolute Gasteiger partial charge is 0.168 e. The second kappa shape index (κ2) is 9.60. The highest BCUT2D eigenvalue weighted by atomic mass is 32.2. The Balaban J connectivity index is 2.71. The van der Waals surface area contributed by atoms with Crippen molar-refractivity contribution in [2.24, 2.45) is 11.1 Å². The normalized spacial score (nSPS) is 10.2. The van der Waals surface area contributed by atoms with Crippen LogP contribution in [-0.4, -0.2) is 24.9 Å². The van der Waals surface area contributed by atoms with E-state index in [-0.39, 0.29) is 13.2 Å². The molecule has 1 rings (SSSR count). The van der Waals surface area contributed by atoms with E-state index in [0.29, 0.717) is 12.3 Å². The third-order valence-corrected chi connectivity index (χ3v) is 3.05. The first-order chi connectivity index (χ1) is 9.31. The number of aryl methyl sites for hydroxylation is 1. The Morgan fingerprint density at radius 1 is 1.42 bits per heavy atom. The van der Waals surface area contributed by atoms with Crippen LogP contribution in [0.1, 0.15) is 17.5 Å². The van der Waals surface area contributed by atoms with Crippen molar-refractivity contribution in [1.29, 1.82) is 0 Å². The molecule has 19 heavy (non-hydrogen) atoms. The maximum absolute atomic E-state index is 9.83. The summed E-state index contributed by atoms with van der Waals surface area (Å²) in [4.78, 5) is 9.83. The predicted octanol–water partition coefficient (Wildman–Crippen LogP) is 1.80. The molecule has 0 aliphatic heterocycles. The van der Waals surface area contributed by atoms with Crippen LogP contribution < -0.4 is 10.5 Å². The third-order valence-electron chi connectivity index (χ3n) is 2.43. The Kier molecular flexibility index (Phi) is 7.95. The van der Waals surface area contributed by atoms with Gasteiger partial charge in [-0.3, -0.25) is 4.28 Å². The minimum atomic E-state index is -0.0211. The minimum Gasteiger partial charge on any atom is -0.491 e. The number of aliphatic hydroxyl groups excluding tert-OH is 1. The van der Waals surface area contributed by atoms with Crippen LogP contribution in [0.25, 0.3) is 0 Å². The van der Waals surface area contributed by atoms with Gasteiger partial charge in [0.05, 0.1) is 24.4 Å². The third kappa shape index (κ3) is 5.91. The Hall–Kier alpha value is -1.31. The molecule has 0 bridgehead atoms. The summed E-state index contributed by atoms with van der Waals surface area (Å²) in [5.41, 5.74) is 7.56. The number of nitrogens with two attached hydrogens (primary N) is 1. The second-order valence-corrected chi connectivity index (χ2v) is 4.49.